The Bertz CT molecular complexity index is 1120. The summed E-state index contributed by atoms with van der Waals surface area (Å²) in [7, 11) is 2.57. The van der Waals surface area contributed by atoms with Gasteiger partial charge >= 0.3 is 0 Å². The number of aromatic nitrogens is 4. The monoisotopic (exact) mass is 477 g/mol. The van der Waals surface area contributed by atoms with Crippen LogP contribution in [0.1, 0.15) is 5.56 Å². The van der Waals surface area contributed by atoms with Gasteiger partial charge in [-0.25, -0.2) is 12.7 Å². The van der Waals surface area contributed by atoms with Crippen LogP contribution in [0, 0.1) is 0 Å². The first-order valence-corrected chi connectivity index (χ1v) is 12.3. The van der Waals surface area contributed by atoms with Crippen molar-refractivity contribution in [1.82, 2.24) is 24.1 Å². The maximum Gasteiger partial charge on any atom is 0.242 e. The second kappa shape index (κ2) is 11.0. The molecule has 0 N–H and O–H groups in total. The Balaban J connectivity index is 1.92. The lowest BCUT2D eigenvalue weighted by molar-refractivity contribution is -0.111. The molecule has 0 saturated carbocycles. The predicted octanol–water partition coefficient (Wildman–Crippen LogP) is 2.54. The molecule has 1 aromatic carbocycles. The number of thioether (sulfide) groups is 1. The van der Waals surface area contributed by atoms with Crippen LogP contribution in [-0.2, 0) is 32.5 Å². The summed E-state index contributed by atoms with van der Waals surface area (Å²) in [6, 6.07) is 10.7. The number of aryl methyl sites for hydroxylation is 1. The van der Waals surface area contributed by atoms with Gasteiger partial charge in [-0.15, -0.1) is 10.2 Å². The summed E-state index contributed by atoms with van der Waals surface area (Å²) in [5.74, 6) is 1.34. The molecule has 2 aromatic heterocycles. The Kier molecular flexibility index (Phi) is 8.38. The van der Waals surface area contributed by atoms with Gasteiger partial charge in [0, 0.05) is 52.0 Å². The van der Waals surface area contributed by atoms with Gasteiger partial charge in [-0.2, -0.15) is 0 Å². The van der Waals surface area contributed by atoms with Gasteiger partial charge in [0.2, 0.25) is 10.0 Å². The first-order chi connectivity index (χ1) is 15.4. The number of methoxy groups -OCH3 is 2. The fraction of sp³-hybridized carbons (Fsp3) is 0.381. The van der Waals surface area contributed by atoms with E-state index >= 15 is 0 Å². The third kappa shape index (κ3) is 5.73. The number of benzene rings is 1. The van der Waals surface area contributed by atoms with E-state index in [-0.39, 0.29) is 4.90 Å². The van der Waals surface area contributed by atoms with Crippen molar-refractivity contribution in [1.29, 1.82) is 0 Å². The van der Waals surface area contributed by atoms with E-state index in [2.05, 4.69) is 15.2 Å². The minimum atomic E-state index is -3.57. The number of nitrogens with zero attached hydrogens (tertiary/aromatic N) is 5. The number of pyridine rings is 1. The van der Waals surface area contributed by atoms with Gasteiger partial charge < -0.3 is 9.47 Å². The van der Waals surface area contributed by atoms with Gasteiger partial charge in [0.15, 0.2) is 17.3 Å². The van der Waals surface area contributed by atoms with Crippen LogP contribution in [0.25, 0.3) is 11.4 Å². The molecule has 3 aromatic rings. The van der Waals surface area contributed by atoms with Crippen molar-refractivity contribution >= 4 is 21.8 Å². The molecule has 172 valence electrons. The second-order valence-corrected chi connectivity index (χ2v) is 10.3. The molecule has 0 amide bonds. The summed E-state index contributed by atoms with van der Waals surface area (Å²) in [4.78, 5) is 4.23. The number of sulfonamides is 1. The largest absolute Gasteiger partial charge is 0.354 e. The van der Waals surface area contributed by atoms with E-state index in [1.54, 1.807) is 56.6 Å². The summed E-state index contributed by atoms with van der Waals surface area (Å²) in [5, 5.41) is 9.43. The van der Waals surface area contributed by atoms with E-state index in [4.69, 9.17) is 9.47 Å². The lowest BCUT2D eigenvalue weighted by atomic mass is 10.2. The van der Waals surface area contributed by atoms with E-state index in [0.717, 1.165) is 12.2 Å². The maximum absolute atomic E-state index is 12.6. The molecule has 0 aliphatic heterocycles. The van der Waals surface area contributed by atoms with Crippen molar-refractivity contribution in [3.05, 3.63) is 54.4 Å². The SMILES string of the molecule is COC(Cn1c(SCCc2ccncc2)nnc1-c1cccc(S(=O)(=O)N(C)C)c1)OC. The number of rotatable bonds is 11. The zero-order chi connectivity index (χ0) is 23.1. The molecule has 0 fully saturated rings. The van der Waals surface area contributed by atoms with Gasteiger partial charge in [0.1, 0.15) is 0 Å². The Labute approximate surface area is 192 Å². The molecule has 9 nitrogen and oxygen atoms in total. The van der Waals surface area contributed by atoms with E-state index < -0.39 is 16.3 Å². The predicted molar refractivity (Wildman–Crippen MR) is 123 cm³/mol. The zero-order valence-electron chi connectivity index (χ0n) is 18.5. The van der Waals surface area contributed by atoms with E-state index in [9.17, 15) is 8.42 Å². The Morgan fingerprint density at radius 3 is 2.47 bits per heavy atom. The van der Waals surface area contributed by atoms with Crippen LogP contribution < -0.4 is 0 Å². The lowest BCUT2D eigenvalue weighted by Crippen LogP contribution is -2.22. The molecule has 32 heavy (non-hydrogen) atoms. The Morgan fingerprint density at radius 2 is 1.81 bits per heavy atom. The summed E-state index contributed by atoms with van der Waals surface area (Å²) < 4.78 is 39.0. The molecule has 3 rings (SSSR count). The fourth-order valence-corrected chi connectivity index (χ4v) is 4.87. The van der Waals surface area contributed by atoms with E-state index in [1.165, 1.54) is 24.0 Å². The minimum absolute atomic E-state index is 0.191. The van der Waals surface area contributed by atoms with Crippen LogP contribution in [-0.4, -0.2) is 72.8 Å². The van der Waals surface area contributed by atoms with Crippen molar-refractivity contribution in [2.24, 2.45) is 0 Å². The van der Waals surface area contributed by atoms with Crippen LogP contribution >= 0.6 is 11.8 Å². The van der Waals surface area contributed by atoms with Crippen LogP contribution in [0.15, 0.2) is 58.8 Å². The minimum Gasteiger partial charge on any atom is -0.354 e. The molecule has 0 atom stereocenters. The molecule has 2 heterocycles. The summed E-state index contributed by atoms with van der Waals surface area (Å²) >= 11 is 1.57. The molecule has 0 unspecified atom stereocenters. The Morgan fingerprint density at radius 1 is 1.09 bits per heavy atom. The molecule has 0 saturated heterocycles. The molecule has 0 aliphatic carbocycles. The first-order valence-electron chi connectivity index (χ1n) is 9.90. The molecule has 0 bridgehead atoms. The van der Waals surface area contributed by atoms with Crippen molar-refractivity contribution in [2.75, 3.05) is 34.1 Å². The van der Waals surface area contributed by atoms with E-state index in [0.29, 0.717) is 23.1 Å². The van der Waals surface area contributed by atoms with Gasteiger partial charge in [-0.3, -0.25) is 9.55 Å². The standard InChI is InChI=1S/C21H27N5O4S2/c1-25(2)32(27,28)18-7-5-6-17(14-18)20-23-24-21(26(20)15-19(29-3)30-4)31-13-10-16-8-11-22-12-9-16/h5-9,11-12,14,19H,10,13,15H2,1-4H3. The highest BCUT2D eigenvalue weighted by Crippen LogP contribution is 2.27. The third-order valence-electron chi connectivity index (χ3n) is 4.82. The van der Waals surface area contributed by atoms with Crippen molar-refractivity contribution in [2.45, 2.75) is 29.3 Å². The van der Waals surface area contributed by atoms with Gasteiger partial charge in [-0.05, 0) is 36.2 Å². The first kappa shape index (κ1) is 24.3. The number of hydrogen-bond acceptors (Lipinski definition) is 8. The maximum atomic E-state index is 12.6. The summed E-state index contributed by atoms with van der Waals surface area (Å²) in [6.45, 7) is 0.359. The van der Waals surface area contributed by atoms with Gasteiger partial charge in [0.25, 0.3) is 0 Å². The third-order valence-corrected chi connectivity index (χ3v) is 7.60. The van der Waals surface area contributed by atoms with E-state index in [1.807, 2.05) is 22.8 Å². The molecular formula is C21H27N5O4S2. The molecule has 11 heteroatoms. The molecule has 0 spiro atoms. The van der Waals surface area contributed by atoms with Crippen LogP contribution in [0.2, 0.25) is 0 Å². The van der Waals surface area contributed by atoms with Gasteiger partial charge in [-0.1, -0.05) is 23.9 Å². The molecule has 0 radical (unpaired) electrons. The average molecular weight is 478 g/mol. The van der Waals surface area contributed by atoms with Gasteiger partial charge in [0.05, 0.1) is 11.4 Å². The number of ether oxygens (including phenoxy) is 2. The van der Waals surface area contributed by atoms with Crippen LogP contribution in [0.5, 0.6) is 0 Å². The second-order valence-electron chi connectivity index (χ2n) is 7.09. The smallest absolute Gasteiger partial charge is 0.242 e. The van der Waals surface area contributed by atoms with Crippen LogP contribution in [0.4, 0.5) is 0 Å². The zero-order valence-corrected chi connectivity index (χ0v) is 20.1. The normalized spacial score (nSPS) is 12.1. The number of hydrogen-bond donors (Lipinski definition) is 0. The highest BCUT2D eigenvalue weighted by molar-refractivity contribution is 7.99. The highest BCUT2D eigenvalue weighted by atomic mass is 32.2. The van der Waals surface area contributed by atoms with Crippen molar-refractivity contribution < 1.29 is 17.9 Å². The van der Waals surface area contributed by atoms with Crippen molar-refractivity contribution in [3.8, 4) is 11.4 Å². The molecular weight excluding hydrogens is 450 g/mol. The van der Waals surface area contributed by atoms with Crippen molar-refractivity contribution in [3.63, 3.8) is 0 Å². The van der Waals surface area contributed by atoms with Crippen LogP contribution in [0.3, 0.4) is 0 Å². The quantitative estimate of drug-likeness (QED) is 0.307. The summed E-state index contributed by atoms with van der Waals surface area (Å²) in [6.07, 6.45) is 3.90. The average Bonchev–Trinajstić information content (AvgIpc) is 3.20. The highest BCUT2D eigenvalue weighted by Gasteiger charge is 2.21. The fourth-order valence-electron chi connectivity index (χ4n) is 2.98. The summed E-state index contributed by atoms with van der Waals surface area (Å²) in [5.41, 5.74) is 1.83. The molecule has 0 aliphatic rings. The Hall–Kier alpha value is -2.31. The lowest BCUT2D eigenvalue weighted by Gasteiger charge is -2.17. The topological polar surface area (TPSA) is 99.4 Å².